The van der Waals surface area contributed by atoms with Gasteiger partial charge < -0.3 is 63.4 Å². The number of amides is 8. The molecule has 4 aliphatic heterocycles. The summed E-state index contributed by atoms with van der Waals surface area (Å²) in [4.78, 5) is 148. The van der Waals surface area contributed by atoms with Crippen LogP contribution in [-0.4, -0.2) is 170 Å². The molecule has 0 unspecified atom stereocenters. The van der Waals surface area contributed by atoms with E-state index in [1.54, 1.807) is 110 Å². The maximum Gasteiger partial charge on any atom is 0.247 e. The van der Waals surface area contributed by atoms with Gasteiger partial charge in [-0.05, 0) is 129 Å². The number of hydrogen-bond acceptors (Lipinski definition) is 15. The van der Waals surface area contributed by atoms with Gasteiger partial charge in [-0.25, -0.2) is 0 Å². The van der Waals surface area contributed by atoms with Gasteiger partial charge in [0.15, 0.2) is 11.6 Å². The fourth-order valence-electron chi connectivity index (χ4n) is 10.8. The second-order valence-electron chi connectivity index (χ2n) is 25.3. The van der Waals surface area contributed by atoms with Crippen LogP contribution < -0.4 is 53.6 Å². The highest BCUT2D eigenvalue weighted by Crippen LogP contribution is 2.25. The Hall–Kier alpha value is -6.95. The summed E-state index contributed by atoms with van der Waals surface area (Å²) < 4.78 is 0. The third kappa shape index (κ3) is 24.4. The number of benzene rings is 2. The van der Waals surface area contributed by atoms with Crippen molar-refractivity contribution in [2.24, 2.45) is 29.4 Å². The summed E-state index contributed by atoms with van der Waals surface area (Å²) in [5.41, 5.74) is 4.25. The first kappa shape index (κ1) is 74.5. The summed E-state index contributed by atoms with van der Waals surface area (Å²) in [5, 5.41) is 26.2. The van der Waals surface area contributed by atoms with Gasteiger partial charge in [0.1, 0.15) is 30.0 Å². The number of Topliss-reactive ketones (excluding diaryl/α,β-unsaturated/α-hetero) is 3. The Labute approximate surface area is 527 Å². The molecule has 89 heavy (non-hydrogen) atoms. The summed E-state index contributed by atoms with van der Waals surface area (Å²) in [5.74, 6) is -5.52. The molecule has 23 heteroatoms. The molecule has 0 radical (unpaired) electrons. The molecule has 4 fully saturated rings. The molecule has 8 atom stereocenters. The monoisotopic (exact) mass is 1240 g/mol. The summed E-state index contributed by atoms with van der Waals surface area (Å²) in [6, 6.07) is 14.3. The molecule has 0 bridgehead atoms. The van der Waals surface area contributed by atoms with Gasteiger partial charge in [-0.15, -0.1) is 0 Å². The number of rotatable bonds is 16. The molecule has 0 spiro atoms. The molecular formula is C66H104N12O11. The highest BCUT2D eigenvalue weighted by molar-refractivity contribution is 5.99. The first-order chi connectivity index (χ1) is 42.2. The predicted octanol–water partition coefficient (Wildman–Crippen LogP) is 3.21. The normalized spacial score (nSPS) is 26.2. The molecule has 494 valence electrons. The third-order valence-corrected chi connectivity index (χ3v) is 17.2. The molecule has 0 saturated carbocycles. The molecule has 0 aromatic heterocycles. The number of carbonyl (C=O) groups excluding carboxylic acids is 11. The van der Waals surface area contributed by atoms with Crippen molar-refractivity contribution in [3.05, 3.63) is 71.8 Å². The molecule has 11 N–H and O–H groups in total. The van der Waals surface area contributed by atoms with Gasteiger partial charge in [0.05, 0.1) is 11.1 Å². The Morgan fingerprint density at radius 2 is 0.955 bits per heavy atom. The van der Waals surface area contributed by atoms with Crippen LogP contribution in [0.2, 0.25) is 0 Å². The number of nitrogens with zero attached hydrogens (tertiary/aromatic N) is 2. The molecule has 8 amide bonds. The van der Waals surface area contributed by atoms with Crippen LogP contribution in [0.15, 0.2) is 60.7 Å². The summed E-state index contributed by atoms with van der Waals surface area (Å²) in [6.07, 6.45) is 6.32. The topological polar surface area (TPSA) is 329 Å². The van der Waals surface area contributed by atoms with Gasteiger partial charge in [-0.1, -0.05) is 102 Å². The van der Waals surface area contributed by atoms with E-state index in [1.807, 2.05) is 13.1 Å². The lowest BCUT2D eigenvalue weighted by molar-refractivity contribution is -0.137. The molecule has 6 rings (SSSR count). The standard InChI is InChI=1S/C33H52N6O5.C27H41N5O5.C6H11NO/c1-6-26-31(43)37-28(23-11-8-7-9-12-23)32(44)35-18-16-33(4,38-29(41)22(2)3)27(40)21-24(30(42)36-26)13-10-17-34-25-14-19-39(5)20-15-25;1-5-20-25(36)31-22(18-10-7-6-8-11-18)26(37)29-15-13-27(4,32-23(34)17(2)3)21(33)16-19(12-9-14-28)24(35)30-20;1-7-4-2-6(8)3-5-7/h7-9,11-12,22,24-26,28,34H,6,10,13-21H2,1-5H3,(H,35,44)(H,36,42)(H,37,43)(H,38,41);6-8,10-11,17,19-20,22H,5,9,12-16,28H2,1-4H3,(H,29,37)(H,30,35)(H,31,36)(H,32,34);2-5H2,1H3/t24-,26+,28-,33-;19-,20+,22-,27-;/m11./s1. The number of likely N-dealkylation sites (tertiary alicyclic amines) is 2. The lowest BCUT2D eigenvalue weighted by atomic mass is 9.84. The lowest BCUT2D eigenvalue weighted by Gasteiger charge is -2.33. The molecule has 4 heterocycles. The van der Waals surface area contributed by atoms with Crippen molar-refractivity contribution in [3.63, 3.8) is 0 Å². The fraction of sp³-hybridized carbons (Fsp3) is 0.652. The Balaban J connectivity index is 0.000000341. The second kappa shape index (κ2) is 37.3. The maximum atomic E-state index is 13.9. The van der Waals surface area contributed by atoms with Gasteiger partial charge in [-0.3, -0.25) is 52.7 Å². The van der Waals surface area contributed by atoms with Crippen LogP contribution in [0, 0.1) is 23.7 Å². The number of carbonyl (C=O) groups is 11. The zero-order valence-corrected chi connectivity index (χ0v) is 54.5. The van der Waals surface area contributed by atoms with Crippen molar-refractivity contribution in [2.75, 3.05) is 66.5 Å². The minimum Gasteiger partial charge on any atom is -0.354 e. The van der Waals surface area contributed by atoms with E-state index in [9.17, 15) is 52.7 Å². The Morgan fingerprint density at radius 1 is 0.562 bits per heavy atom. The average molecular weight is 1240 g/mol. The Kier molecular flexibility index (Phi) is 31.2. The average Bonchev–Trinajstić information content (AvgIpc) is 3.25. The predicted molar refractivity (Wildman–Crippen MR) is 341 cm³/mol. The van der Waals surface area contributed by atoms with Crippen LogP contribution in [-0.2, 0) is 52.7 Å². The first-order valence-electron chi connectivity index (χ1n) is 32.1. The Bertz CT molecular complexity index is 2660. The zero-order valence-electron chi connectivity index (χ0n) is 54.5. The fourth-order valence-corrected chi connectivity index (χ4v) is 10.8. The minimum absolute atomic E-state index is 0.0789. The van der Waals surface area contributed by atoms with Crippen LogP contribution in [0.1, 0.15) is 168 Å². The van der Waals surface area contributed by atoms with E-state index in [1.165, 1.54) is 0 Å². The maximum absolute atomic E-state index is 13.9. The summed E-state index contributed by atoms with van der Waals surface area (Å²) in [6.45, 7) is 19.0. The van der Waals surface area contributed by atoms with Crippen molar-refractivity contribution < 1.29 is 52.7 Å². The first-order valence-corrected chi connectivity index (χ1v) is 32.1. The number of ketones is 3. The smallest absolute Gasteiger partial charge is 0.247 e. The van der Waals surface area contributed by atoms with Gasteiger partial charge in [0.25, 0.3) is 0 Å². The minimum atomic E-state index is -1.30. The van der Waals surface area contributed by atoms with Crippen LogP contribution in [0.25, 0.3) is 0 Å². The van der Waals surface area contributed by atoms with Crippen LogP contribution in [0.5, 0.6) is 0 Å². The van der Waals surface area contributed by atoms with E-state index in [-0.39, 0.29) is 79.9 Å². The SMILES string of the molecule is CC[C@@H]1NC(=O)[C@H](CCCN)CC(=O)[C@](C)(NC(=O)C(C)C)CCNC(=O)[C@@H](c2ccccc2)NC1=O.CC[C@@H]1NC(=O)[C@H](CCCNC2CCN(C)CC2)CC(=O)[C@](C)(NC(=O)C(C)C)CCNC(=O)[C@@H](c2ccccc2)NC1=O.CN1CCC(=O)CC1. The van der Waals surface area contributed by atoms with Crippen molar-refractivity contribution in [1.29, 1.82) is 0 Å². The number of piperidine rings is 2. The van der Waals surface area contributed by atoms with Gasteiger partial charge in [0.2, 0.25) is 47.3 Å². The van der Waals surface area contributed by atoms with Gasteiger partial charge >= 0.3 is 0 Å². The molecule has 0 aliphatic carbocycles. The van der Waals surface area contributed by atoms with Crippen LogP contribution in [0.4, 0.5) is 0 Å². The van der Waals surface area contributed by atoms with E-state index in [0.29, 0.717) is 68.0 Å². The van der Waals surface area contributed by atoms with Crippen molar-refractivity contribution >= 4 is 64.6 Å². The van der Waals surface area contributed by atoms with E-state index >= 15 is 0 Å². The van der Waals surface area contributed by atoms with Crippen LogP contribution >= 0.6 is 0 Å². The molecular weight excluding hydrogens is 1140 g/mol. The lowest BCUT2D eigenvalue weighted by Crippen LogP contribution is -2.57. The molecule has 23 nitrogen and oxygen atoms in total. The largest absolute Gasteiger partial charge is 0.354 e. The van der Waals surface area contributed by atoms with Crippen molar-refractivity contribution in [3.8, 4) is 0 Å². The molecule has 2 aromatic rings. The van der Waals surface area contributed by atoms with Gasteiger partial charge in [-0.2, -0.15) is 0 Å². The van der Waals surface area contributed by atoms with Crippen molar-refractivity contribution in [2.45, 2.75) is 187 Å². The Morgan fingerprint density at radius 3 is 1.33 bits per heavy atom. The third-order valence-electron chi connectivity index (χ3n) is 17.2. The molecule has 2 aromatic carbocycles. The summed E-state index contributed by atoms with van der Waals surface area (Å²) >= 11 is 0. The highest BCUT2D eigenvalue weighted by atomic mass is 16.2. The molecule has 4 saturated heterocycles. The van der Waals surface area contributed by atoms with E-state index in [0.717, 1.165) is 58.4 Å². The quantitative estimate of drug-likeness (QED) is 0.108. The van der Waals surface area contributed by atoms with Crippen molar-refractivity contribution in [1.82, 2.24) is 57.7 Å². The number of hydrogen-bond donors (Lipinski definition) is 10. The van der Waals surface area contributed by atoms with E-state index in [4.69, 9.17) is 5.73 Å². The number of nitrogens with one attached hydrogen (secondary N) is 9. The number of nitrogens with two attached hydrogens (primary N) is 1. The summed E-state index contributed by atoms with van der Waals surface area (Å²) in [7, 11) is 4.17. The van der Waals surface area contributed by atoms with Gasteiger partial charge in [0, 0.05) is 81.6 Å². The molecule has 4 aliphatic rings. The van der Waals surface area contributed by atoms with Crippen LogP contribution in [0.3, 0.4) is 0 Å². The van der Waals surface area contributed by atoms with E-state index in [2.05, 4.69) is 64.7 Å². The van der Waals surface area contributed by atoms with E-state index < -0.39 is 76.6 Å². The second-order valence-corrected chi connectivity index (χ2v) is 25.3. The zero-order chi connectivity index (χ0) is 65.8. The highest BCUT2D eigenvalue weighted by Gasteiger charge is 2.41.